The molecule has 5 heteroatoms. The van der Waals surface area contributed by atoms with Crippen LogP contribution in [0, 0.1) is 0 Å². The number of hydrogen-bond acceptors (Lipinski definition) is 4. The predicted octanol–water partition coefficient (Wildman–Crippen LogP) is 3.05. The van der Waals surface area contributed by atoms with Gasteiger partial charge in [-0.3, -0.25) is 4.79 Å². The average molecular weight is 343 g/mol. The Bertz CT molecular complexity index is 311. The van der Waals surface area contributed by atoms with Gasteiger partial charge in [0.2, 0.25) is 5.91 Å². The lowest BCUT2D eigenvalue weighted by atomic mass is 10.1. The number of carbonyl (C=O) groups excluding carboxylic acids is 1. The van der Waals surface area contributed by atoms with Gasteiger partial charge in [0.05, 0.1) is 12.7 Å². The molecule has 2 N–H and O–H groups in total. The minimum atomic E-state index is -0.0627. The molecule has 1 amide bonds. The zero-order valence-corrected chi connectivity index (χ0v) is 15.9. The Morgan fingerprint density at radius 3 is 2.67 bits per heavy atom. The number of rotatable bonds is 17. The molecule has 0 aromatic rings. The van der Waals surface area contributed by atoms with Crippen LogP contribution in [-0.4, -0.2) is 51.5 Å². The molecular weight excluding hydrogens is 304 g/mol. The van der Waals surface area contributed by atoms with E-state index in [1.165, 1.54) is 12.8 Å². The van der Waals surface area contributed by atoms with E-state index in [9.17, 15) is 4.79 Å². The van der Waals surface area contributed by atoms with Gasteiger partial charge in [-0.05, 0) is 46.1 Å². The maximum Gasteiger partial charge on any atom is 0.246 e. The summed E-state index contributed by atoms with van der Waals surface area (Å²) in [5.41, 5.74) is 0. The molecule has 2 atom stereocenters. The minimum Gasteiger partial charge on any atom is -0.380 e. The van der Waals surface area contributed by atoms with Crippen LogP contribution >= 0.6 is 0 Å². The lowest BCUT2D eigenvalue weighted by molar-refractivity contribution is -0.128. The second-order valence-electron chi connectivity index (χ2n) is 6.21. The van der Waals surface area contributed by atoms with Gasteiger partial charge >= 0.3 is 0 Å². The van der Waals surface area contributed by atoms with E-state index in [4.69, 9.17) is 9.47 Å². The molecule has 0 rings (SSSR count). The molecule has 0 aromatic heterocycles. The summed E-state index contributed by atoms with van der Waals surface area (Å²) in [4.78, 5) is 11.8. The minimum absolute atomic E-state index is 0.0627. The fraction of sp³-hybridized carbons (Fsp3) is 0.842. The molecule has 0 bridgehead atoms. The van der Waals surface area contributed by atoms with Gasteiger partial charge in [0, 0.05) is 19.2 Å². The van der Waals surface area contributed by atoms with Crippen molar-refractivity contribution in [1.82, 2.24) is 10.6 Å². The number of hydrogen-bond donors (Lipinski definition) is 2. The van der Waals surface area contributed by atoms with Crippen LogP contribution in [0.1, 0.15) is 58.8 Å². The van der Waals surface area contributed by atoms with E-state index in [0.29, 0.717) is 25.8 Å². The lowest BCUT2D eigenvalue weighted by Gasteiger charge is -2.16. The molecular formula is C19H38N2O3. The van der Waals surface area contributed by atoms with Crippen molar-refractivity contribution in [2.75, 3.05) is 33.4 Å². The third kappa shape index (κ3) is 14.7. The van der Waals surface area contributed by atoms with Crippen LogP contribution in [0.2, 0.25) is 0 Å². The van der Waals surface area contributed by atoms with E-state index in [1.54, 1.807) is 0 Å². The monoisotopic (exact) mass is 342 g/mol. The van der Waals surface area contributed by atoms with Crippen molar-refractivity contribution >= 4 is 5.91 Å². The summed E-state index contributed by atoms with van der Waals surface area (Å²) in [6.45, 7) is 9.88. The second kappa shape index (κ2) is 16.9. The van der Waals surface area contributed by atoms with Gasteiger partial charge in [0.25, 0.3) is 0 Å². The molecule has 0 aliphatic heterocycles. The van der Waals surface area contributed by atoms with Crippen LogP contribution in [0.25, 0.3) is 0 Å². The molecule has 142 valence electrons. The summed E-state index contributed by atoms with van der Waals surface area (Å²) in [7, 11) is 1.94. The fourth-order valence-corrected chi connectivity index (χ4v) is 2.26. The van der Waals surface area contributed by atoms with Crippen molar-refractivity contribution < 1.29 is 14.3 Å². The molecule has 0 aliphatic carbocycles. The van der Waals surface area contributed by atoms with Crippen molar-refractivity contribution in [2.24, 2.45) is 0 Å². The van der Waals surface area contributed by atoms with Gasteiger partial charge in [-0.1, -0.05) is 25.8 Å². The van der Waals surface area contributed by atoms with E-state index < -0.39 is 0 Å². The highest BCUT2D eigenvalue weighted by atomic mass is 16.5. The Hall–Kier alpha value is -0.910. The maximum atomic E-state index is 11.8. The summed E-state index contributed by atoms with van der Waals surface area (Å²) >= 11 is 0. The highest BCUT2D eigenvalue weighted by Gasteiger charge is 2.09. The first-order chi connectivity index (χ1) is 11.6. The van der Waals surface area contributed by atoms with Crippen LogP contribution in [0.15, 0.2) is 12.7 Å². The van der Waals surface area contributed by atoms with Crippen LogP contribution in [0.5, 0.6) is 0 Å². The number of amides is 1. The first-order valence-electron chi connectivity index (χ1n) is 9.38. The highest BCUT2D eigenvalue weighted by Crippen LogP contribution is 2.11. The maximum absolute atomic E-state index is 11.8. The predicted molar refractivity (Wildman–Crippen MR) is 100 cm³/mol. The third-order valence-corrected chi connectivity index (χ3v) is 4.10. The van der Waals surface area contributed by atoms with Crippen molar-refractivity contribution in [3.8, 4) is 0 Å². The Balaban J connectivity index is 3.55. The first kappa shape index (κ1) is 23.1. The Morgan fingerprint density at radius 1 is 1.21 bits per heavy atom. The summed E-state index contributed by atoms with van der Waals surface area (Å²) < 4.78 is 11.2. The van der Waals surface area contributed by atoms with Crippen molar-refractivity contribution in [3.05, 3.63) is 12.7 Å². The van der Waals surface area contributed by atoms with Gasteiger partial charge < -0.3 is 20.1 Å². The SMILES string of the molecule is C=CCCCCCC(CC)OCC(=O)NCCOCCC(C)NC. The Labute approximate surface area is 148 Å². The zero-order chi connectivity index (χ0) is 18.0. The van der Waals surface area contributed by atoms with Gasteiger partial charge in [-0.25, -0.2) is 0 Å². The van der Waals surface area contributed by atoms with Crippen LogP contribution in [0.4, 0.5) is 0 Å². The van der Waals surface area contributed by atoms with E-state index in [2.05, 4.69) is 31.1 Å². The molecule has 0 saturated heterocycles. The van der Waals surface area contributed by atoms with E-state index in [0.717, 1.165) is 32.1 Å². The van der Waals surface area contributed by atoms with Crippen molar-refractivity contribution in [3.63, 3.8) is 0 Å². The van der Waals surface area contributed by atoms with E-state index in [1.807, 2.05) is 13.1 Å². The number of ether oxygens (including phenoxy) is 2. The van der Waals surface area contributed by atoms with Crippen LogP contribution < -0.4 is 10.6 Å². The molecule has 0 spiro atoms. The number of unbranched alkanes of at least 4 members (excludes halogenated alkanes) is 3. The third-order valence-electron chi connectivity index (χ3n) is 4.10. The number of nitrogens with one attached hydrogen (secondary N) is 2. The van der Waals surface area contributed by atoms with Gasteiger partial charge in [0.15, 0.2) is 0 Å². The molecule has 24 heavy (non-hydrogen) atoms. The normalized spacial score (nSPS) is 13.5. The number of carbonyl (C=O) groups is 1. The summed E-state index contributed by atoms with van der Waals surface area (Å²) in [6.07, 6.45) is 9.69. The van der Waals surface area contributed by atoms with E-state index in [-0.39, 0.29) is 18.6 Å². The van der Waals surface area contributed by atoms with E-state index >= 15 is 0 Å². The molecule has 0 saturated carbocycles. The summed E-state index contributed by atoms with van der Waals surface area (Å²) in [5, 5.41) is 5.99. The summed E-state index contributed by atoms with van der Waals surface area (Å²) in [6, 6.07) is 0.454. The quantitative estimate of drug-likeness (QED) is 0.315. The topological polar surface area (TPSA) is 59.6 Å². The lowest BCUT2D eigenvalue weighted by Crippen LogP contribution is -2.32. The summed E-state index contributed by atoms with van der Waals surface area (Å²) in [5.74, 6) is -0.0627. The molecule has 0 aliphatic rings. The molecule has 5 nitrogen and oxygen atoms in total. The zero-order valence-electron chi connectivity index (χ0n) is 15.9. The largest absolute Gasteiger partial charge is 0.380 e. The molecule has 2 unspecified atom stereocenters. The van der Waals surface area contributed by atoms with Gasteiger partial charge in [0.1, 0.15) is 6.61 Å². The Morgan fingerprint density at radius 2 is 2.00 bits per heavy atom. The standard InChI is InChI=1S/C19H38N2O3/c1-5-7-8-9-10-11-18(6-2)24-16-19(22)21-13-15-23-14-12-17(3)20-4/h5,17-18,20H,1,6-16H2,2-4H3,(H,21,22). The molecule has 0 heterocycles. The molecule has 0 fully saturated rings. The highest BCUT2D eigenvalue weighted by molar-refractivity contribution is 5.77. The number of allylic oxidation sites excluding steroid dienone is 1. The van der Waals surface area contributed by atoms with Crippen molar-refractivity contribution in [2.45, 2.75) is 70.9 Å². The first-order valence-corrected chi connectivity index (χ1v) is 9.38. The fourth-order valence-electron chi connectivity index (χ4n) is 2.26. The van der Waals surface area contributed by atoms with Crippen molar-refractivity contribution in [1.29, 1.82) is 0 Å². The average Bonchev–Trinajstić information content (AvgIpc) is 2.60. The Kier molecular flexibility index (Phi) is 16.3. The van der Waals surface area contributed by atoms with Crippen LogP contribution in [-0.2, 0) is 14.3 Å². The second-order valence-corrected chi connectivity index (χ2v) is 6.21. The molecule has 0 radical (unpaired) electrons. The van der Waals surface area contributed by atoms with Gasteiger partial charge in [-0.2, -0.15) is 0 Å². The van der Waals surface area contributed by atoms with Gasteiger partial charge in [-0.15, -0.1) is 6.58 Å². The smallest absolute Gasteiger partial charge is 0.246 e. The molecule has 0 aromatic carbocycles. The van der Waals surface area contributed by atoms with Crippen LogP contribution in [0.3, 0.4) is 0 Å².